The van der Waals surface area contributed by atoms with E-state index in [0.29, 0.717) is 6.61 Å². The molecule has 0 rings (SSSR count). The van der Waals surface area contributed by atoms with Crippen LogP contribution in [0, 0.1) is 5.92 Å². The molecule has 118 valence electrons. The Labute approximate surface area is 126 Å². The summed E-state index contributed by atoms with van der Waals surface area (Å²) in [6.45, 7) is 8.47. The molecule has 0 amide bonds. The zero-order valence-electron chi connectivity index (χ0n) is 13.7. The SMILES string of the molecule is C=CC(=O)OCCC(CCCCC)CCCCCCC. The predicted octanol–water partition coefficient (Wildman–Crippen LogP) is 5.66. The minimum Gasteiger partial charge on any atom is -0.463 e. The van der Waals surface area contributed by atoms with Gasteiger partial charge in [0.25, 0.3) is 0 Å². The van der Waals surface area contributed by atoms with Crippen molar-refractivity contribution in [3.63, 3.8) is 0 Å². The molecule has 0 spiro atoms. The predicted molar refractivity (Wildman–Crippen MR) is 86.8 cm³/mol. The molecule has 0 aliphatic heterocycles. The normalized spacial score (nSPS) is 12.1. The summed E-state index contributed by atoms with van der Waals surface area (Å²) in [6.07, 6.45) is 15.4. The van der Waals surface area contributed by atoms with Gasteiger partial charge in [0.05, 0.1) is 6.61 Å². The molecule has 0 aromatic rings. The maximum Gasteiger partial charge on any atom is 0.330 e. The topological polar surface area (TPSA) is 26.3 Å². The highest BCUT2D eigenvalue weighted by molar-refractivity contribution is 5.81. The first-order valence-electron chi connectivity index (χ1n) is 8.53. The van der Waals surface area contributed by atoms with Gasteiger partial charge in [-0.3, -0.25) is 0 Å². The molecule has 1 unspecified atom stereocenters. The van der Waals surface area contributed by atoms with Gasteiger partial charge in [0.15, 0.2) is 0 Å². The summed E-state index contributed by atoms with van der Waals surface area (Å²) < 4.78 is 5.12. The lowest BCUT2D eigenvalue weighted by Crippen LogP contribution is -2.09. The third-order valence-electron chi connectivity index (χ3n) is 3.87. The molecule has 0 aromatic heterocycles. The van der Waals surface area contributed by atoms with Gasteiger partial charge in [-0.25, -0.2) is 4.79 Å². The van der Waals surface area contributed by atoms with Crippen molar-refractivity contribution in [1.29, 1.82) is 0 Å². The molecular weight excluding hydrogens is 248 g/mol. The van der Waals surface area contributed by atoms with E-state index < -0.39 is 0 Å². The number of carbonyl (C=O) groups is 1. The molecule has 0 aliphatic rings. The lowest BCUT2D eigenvalue weighted by atomic mass is 9.92. The zero-order valence-corrected chi connectivity index (χ0v) is 13.7. The van der Waals surface area contributed by atoms with E-state index in [1.165, 1.54) is 70.3 Å². The quantitative estimate of drug-likeness (QED) is 0.233. The lowest BCUT2D eigenvalue weighted by molar-refractivity contribution is -0.138. The third-order valence-corrected chi connectivity index (χ3v) is 3.87. The maximum atomic E-state index is 11.0. The second-order valence-corrected chi connectivity index (χ2v) is 5.72. The van der Waals surface area contributed by atoms with Gasteiger partial charge in [0.1, 0.15) is 0 Å². The molecule has 0 saturated heterocycles. The standard InChI is InChI=1S/C18H34O2/c1-4-7-9-10-12-14-17(13-11-8-5-2)15-16-20-18(19)6-3/h6,17H,3-5,7-16H2,1-2H3. The summed E-state index contributed by atoms with van der Waals surface area (Å²) >= 11 is 0. The second kappa shape index (κ2) is 14.6. The van der Waals surface area contributed by atoms with Crippen molar-refractivity contribution in [3.05, 3.63) is 12.7 Å². The van der Waals surface area contributed by atoms with Crippen molar-refractivity contribution in [2.75, 3.05) is 6.61 Å². The van der Waals surface area contributed by atoms with Gasteiger partial charge >= 0.3 is 5.97 Å². The average Bonchev–Trinajstić information content (AvgIpc) is 2.46. The van der Waals surface area contributed by atoms with Crippen LogP contribution in [0.1, 0.15) is 84.5 Å². The first-order chi connectivity index (χ1) is 9.74. The van der Waals surface area contributed by atoms with Gasteiger partial charge < -0.3 is 4.74 Å². The van der Waals surface area contributed by atoms with Gasteiger partial charge in [-0.15, -0.1) is 0 Å². The number of unbranched alkanes of at least 4 members (excludes halogenated alkanes) is 6. The van der Waals surface area contributed by atoms with Crippen LogP contribution in [0.5, 0.6) is 0 Å². The minimum absolute atomic E-state index is 0.291. The zero-order chi connectivity index (χ0) is 15.1. The number of ether oxygens (including phenoxy) is 1. The Morgan fingerprint density at radius 3 is 2.10 bits per heavy atom. The average molecular weight is 282 g/mol. The van der Waals surface area contributed by atoms with Crippen LogP contribution in [0.2, 0.25) is 0 Å². The second-order valence-electron chi connectivity index (χ2n) is 5.72. The number of hydrogen-bond donors (Lipinski definition) is 0. The van der Waals surface area contributed by atoms with Gasteiger partial charge in [0, 0.05) is 6.08 Å². The van der Waals surface area contributed by atoms with Crippen LogP contribution < -0.4 is 0 Å². The fourth-order valence-electron chi connectivity index (χ4n) is 2.54. The summed E-state index contributed by atoms with van der Waals surface area (Å²) in [7, 11) is 0. The van der Waals surface area contributed by atoms with E-state index in [4.69, 9.17) is 4.74 Å². The molecule has 0 bridgehead atoms. The van der Waals surface area contributed by atoms with Crippen LogP contribution in [0.4, 0.5) is 0 Å². The first kappa shape index (κ1) is 19.2. The highest BCUT2D eigenvalue weighted by atomic mass is 16.5. The van der Waals surface area contributed by atoms with Crippen molar-refractivity contribution in [2.45, 2.75) is 84.5 Å². The highest BCUT2D eigenvalue weighted by Crippen LogP contribution is 2.21. The molecule has 20 heavy (non-hydrogen) atoms. The Hall–Kier alpha value is -0.790. The van der Waals surface area contributed by atoms with E-state index in [1.54, 1.807) is 0 Å². The Bertz CT molecular complexity index is 236. The third kappa shape index (κ3) is 12.3. The number of carbonyl (C=O) groups excluding carboxylic acids is 1. The monoisotopic (exact) mass is 282 g/mol. The summed E-state index contributed by atoms with van der Waals surface area (Å²) in [5, 5.41) is 0. The molecule has 0 heterocycles. The van der Waals surface area contributed by atoms with E-state index in [2.05, 4.69) is 20.4 Å². The summed E-state index contributed by atoms with van der Waals surface area (Å²) in [6, 6.07) is 0. The molecule has 0 aromatic carbocycles. The highest BCUT2D eigenvalue weighted by Gasteiger charge is 2.09. The van der Waals surface area contributed by atoms with Gasteiger partial charge in [-0.05, 0) is 12.3 Å². The van der Waals surface area contributed by atoms with Crippen molar-refractivity contribution in [1.82, 2.24) is 0 Å². The van der Waals surface area contributed by atoms with Crippen LogP contribution in [0.3, 0.4) is 0 Å². The molecule has 2 heteroatoms. The summed E-state index contributed by atoms with van der Waals surface area (Å²) in [5.41, 5.74) is 0. The lowest BCUT2D eigenvalue weighted by Gasteiger charge is -2.16. The van der Waals surface area contributed by atoms with Gasteiger partial charge in [-0.2, -0.15) is 0 Å². The van der Waals surface area contributed by atoms with Crippen LogP contribution >= 0.6 is 0 Å². The van der Waals surface area contributed by atoms with Gasteiger partial charge in [0.2, 0.25) is 0 Å². The Kier molecular flexibility index (Phi) is 14.0. The van der Waals surface area contributed by atoms with E-state index in [9.17, 15) is 4.79 Å². The molecular formula is C18H34O2. The van der Waals surface area contributed by atoms with E-state index in [1.807, 2.05) is 0 Å². The Morgan fingerprint density at radius 2 is 1.50 bits per heavy atom. The van der Waals surface area contributed by atoms with Crippen molar-refractivity contribution < 1.29 is 9.53 Å². The van der Waals surface area contributed by atoms with Gasteiger partial charge in [-0.1, -0.05) is 84.6 Å². The smallest absolute Gasteiger partial charge is 0.330 e. The number of rotatable bonds is 14. The summed E-state index contributed by atoms with van der Waals surface area (Å²) in [4.78, 5) is 11.0. The fraction of sp³-hybridized carbons (Fsp3) is 0.833. The van der Waals surface area contributed by atoms with Crippen molar-refractivity contribution in [3.8, 4) is 0 Å². The Balaban J connectivity index is 3.81. The maximum absolute atomic E-state index is 11.0. The van der Waals surface area contributed by atoms with Crippen molar-refractivity contribution in [2.24, 2.45) is 5.92 Å². The molecule has 0 radical (unpaired) electrons. The first-order valence-corrected chi connectivity index (χ1v) is 8.53. The van der Waals surface area contributed by atoms with E-state index in [-0.39, 0.29) is 5.97 Å². The molecule has 0 saturated carbocycles. The minimum atomic E-state index is -0.291. The molecule has 0 aliphatic carbocycles. The summed E-state index contributed by atoms with van der Waals surface area (Å²) in [5.74, 6) is 0.432. The van der Waals surface area contributed by atoms with E-state index in [0.717, 1.165) is 12.3 Å². The van der Waals surface area contributed by atoms with Crippen LogP contribution in [0.15, 0.2) is 12.7 Å². The molecule has 0 fully saturated rings. The van der Waals surface area contributed by atoms with Crippen molar-refractivity contribution >= 4 is 5.97 Å². The van der Waals surface area contributed by atoms with Crippen LogP contribution in [-0.4, -0.2) is 12.6 Å². The number of hydrogen-bond acceptors (Lipinski definition) is 2. The Morgan fingerprint density at radius 1 is 0.950 bits per heavy atom. The molecule has 1 atom stereocenters. The molecule has 0 N–H and O–H groups in total. The fourth-order valence-corrected chi connectivity index (χ4v) is 2.54. The van der Waals surface area contributed by atoms with E-state index >= 15 is 0 Å². The molecule has 2 nitrogen and oxygen atoms in total. The number of esters is 1. The largest absolute Gasteiger partial charge is 0.463 e. The van der Waals surface area contributed by atoms with Crippen LogP contribution in [-0.2, 0) is 9.53 Å². The van der Waals surface area contributed by atoms with Crippen LogP contribution in [0.25, 0.3) is 0 Å².